The number of methoxy groups -OCH3 is 3. The van der Waals surface area contributed by atoms with Crippen molar-refractivity contribution in [2.45, 2.75) is 0 Å². The Hall–Kier alpha value is -2.63. The Morgan fingerprint density at radius 1 is 1.05 bits per heavy atom. The van der Waals surface area contributed by atoms with Crippen molar-refractivity contribution in [3.63, 3.8) is 0 Å². The molecule has 1 heterocycles. The van der Waals surface area contributed by atoms with Gasteiger partial charge in [-0.3, -0.25) is 0 Å². The van der Waals surface area contributed by atoms with Crippen LogP contribution < -0.4 is 25.3 Å². The molecule has 20 heavy (non-hydrogen) atoms. The third kappa shape index (κ3) is 2.69. The molecule has 106 valence electrons. The van der Waals surface area contributed by atoms with Crippen molar-refractivity contribution in [1.29, 1.82) is 0 Å². The molecule has 0 bridgehead atoms. The number of benzene rings is 1. The number of anilines is 3. The summed E-state index contributed by atoms with van der Waals surface area (Å²) in [5.74, 6) is 2.23. The number of nitrogen functional groups attached to an aromatic ring is 1. The lowest BCUT2D eigenvalue weighted by Crippen LogP contribution is -2.01. The number of aromatic nitrogens is 1. The Morgan fingerprint density at radius 2 is 1.70 bits per heavy atom. The highest BCUT2D eigenvalue weighted by molar-refractivity contribution is 5.72. The molecule has 0 radical (unpaired) electrons. The molecule has 0 unspecified atom stereocenters. The molecule has 0 saturated heterocycles. The topological polar surface area (TPSA) is 78.6 Å². The van der Waals surface area contributed by atoms with Gasteiger partial charge in [0.1, 0.15) is 0 Å². The number of nitrogens with zero attached hydrogens (tertiary/aromatic N) is 1. The van der Waals surface area contributed by atoms with Crippen LogP contribution in [0, 0.1) is 0 Å². The lowest BCUT2D eigenvalue weighted by atomic mass is 10.2. The average molecular weight is 275 g/mol. The van der Waals surface area contributed by atoms with E-state index in [-0.39, 0.29) is 0 Å². The number of hydrogen-bond acceptors (Lipinski definition) is 6. The fourth-order valence-corrected chi connectivity index (χ4v) is 1.81. The SMILES string of the molecule is COc1cc(Nc2ncccc2N)cc(OC)c1OC. The van der Waals surface area contributed by atoms with Crippen molar-refractivity contribution in [3.8, 4) is 17.2 Å². The second-order valence-electron chi connectivity index (χ2n) is 3.98. The molecule has 3 N–H and O–H groups in total. The van der Waals surface area contributed by atoms with Gasteiger partial charge in [-0.1, -0.05) is 0 Å². The highest BCUT2D eigenvalue weighted by atomic mass is 16.5. The van der Waals surface area contributed by atoms with Gasteiger partial charge < -0.3 is 25.3 Å². The Bertz CT molecular complexity index is 577. The first-order valence-electron chi connectivity index (χ1n) is 5.97. The molecule has 0 saturated carbocycles. The van der Waals surface area contributed by atoms with E-state index < -0.39 is 0 Å². The lowest BCUT2D eigenvalue weighted by Gasteiger charge is -2.15. The third-order valence-corrected chi connectivity index (χ3v) is 2.77. The number of rotatable bonds is 5. The smallest absolute Gasteiger partial charge is 0.203 e. The van der Waals surface area contributed by atoms with Gasteiger partial charge in [-0.05, 0) is 12.1 Å². The van der Waals surface area contributed by atoms with Crippen LogP contribution in [0.15, 0.2) is 30.5 Å². The molecule has 0 fully saturated rings. The summed E-state index contributed by atoms with van der Waals surface area (Å²) in [6.07, 6.45) is 1.66. The number of ether oxygens (including phenoxy) is 3. The van der Waals surface area contributed by atoms with E-state index in [9.17, 15) is 0 Å². The largest absolute Gasteiger partial charge is 0.493 e. The van der Waals surface area contributed by atoms with Crippen molar-refractivity contribution in [3.05, 3.63) is 30.5 Å². The Balaban J connectivity index is 2.40. The van der Waals surface area contributed by atoms with Gasteiger partial charge >= 0.3 is 0 Å². The summed E-state index contributed by atoms with van der Waals surface area (Å²) in [5.41, 5.74) is 7.15. The van der Waals surface area contributed by atoms with E-state index in [0.29, 0.717) is 28.8 Å². The van der Waals surface area contributed by atoms with Crippen molar-refractivity contribution < 1.29 is 14.2 Å². The maximum atomic E-state index is 5.85. The maximum absolute atomic E-state index is 5.85. The molecule has 1 aromatic carbocycles. The maximum Gasteiger partial charge on any atom is 0.203 e. The second-order valence-corrected chi connectivity index (χ2v) is 3.98. The monoisotopic (exact) mass is 275 g/mol. The van der Waals surface area contributed by atoms with Gasteiger partial charge in [0.15, 0.2) is 17.3 Å². The summed E-state index contributed by atoms with van der Waals surface area (Å²) in [7, 11) is 4.69. The fourth-order valence-electron chi connectivity index (χ4n) is 1.81. The van der Waals surface area contributed by atoms with Crippen molar-refractivity contribution >= 4 is 17.2 Å². The standard InChI is InChI=1S/C14H17N3O3/c1-18-11-7-9(8-12(19-2)13(11)20-3)17-14-10(15)5-4-6-16-14/h4-8H,15H2,1-3H3,(H,16,17). The number of hydrogen-bond donors (Lipinski definition) is 2. The molecule has 0 aliphatic rings. The number of nitrogens with two attached hydrogens (primary N) is 1. The van der Waals surface area contributed by atoms with E-state index >= 15 is 0 Å². The summed E-state index contributed by atoms with van der Waals surface area (Å²) >= 11 is 0. The van der Waals surface area contributed by atoms with E-state index in [1.54, 1.807) is 51.8 Å². The van der Waals surface area contributed by atoms with Crippen LogP contribution >= 0.6 is 0 Å². The summed E-state index contributed by atoms with van der Waals surface area (Å²) in [6.45, 7) is 0. The molecule has 0 aliphatic carbocycles. The predicted molar refractivity (Wildman–Crippen MR) is 78.0 cm³/mol. The van der Waals surface area contributed by atoms with Crippen LogP contribution in [-0.2, 0) is 0 Å². The van der Waals surface area contributed by atoms with E-state index in [2.05, 4.69) is 10.3 Å². The van der Waals surface area contributed by atoms with Crippen LogP contribution in [0.2, 0.25) is 0 Å². The highest BCUT2D eigenvalue weighted by Crippen LogP contribution is 2.40. The summed E-state index contributed by atoms with van der Waals surface area (Å²) < 4.78 is 15.9. The van der Waals surface area contributed by atoms with E-state index in [4.69, 9.17) is 19.9 Å². The fraction of sp³-hybridized carbons (Fsp3) is 0.214. The highest BCUT2D eigenvalue weighted by Gasteiger charge is 2.13. The summed E-state index contributed by atoms with van der Waals surface area (Å²) in [6, 6.07) is 7.12. The molecule has 2 rings (SSSR count). The first kappa shape index (κ1) is 13.8. The average Bonchev–Trinajstić information content (AvgIpc) is 2.48. The van der Waals surface area contributed by atoms with Crippen molar-refractivity contribution in [2.75, 3.05) is 32.4 Å². The second kappa shape index (κ2) is 6.01. The molecule has 0 amide bonds. The zero-order valence-electron chi connectivity index (χ0n) is 11.6. The van der Waals surface area contributed by atoms with Gasteiger partial charge in [0.25, 0.3) is 0 Å². The first-order chi connectivity index (χ1) is 9.69. The Labute approximate surface area is 117 Å². The number of pyridine rings is 1. The van der Waals surface area contributed by atoms with Gasteiger partial charge in [0, 0.05) is 24.0 Å². The Morgan fingerprint density at radius 3 is 2.20 bits per heavy atom. The quantitative estimate of drug-likeness (QED) is 0.872. The van der Waals surface area contributed by atoms with Crippen LogP contribution in [0.25, 0.3) is 0 Å². The van der Waals surface area contributed by atoms with Crippen LogP contribution in [0.1, 0.15) is 0 Å². The molecule has 6 nitrogen and oxygen atoms in total. The molecule has 0 spiro atoms. The van der Waals surface area contributed by atoms with Gasteiger partial charge in [-0.15, -0.1) is 0 Å². The minimum Gasteiger partial charge on any atom is -0.493 e. The van der Waals surface area contributed by atoms with Gasteiger partial charge in [0.05, 0.1) is 27.0 Å². The van der Waals surface area contributed by atoms with Gasteiger partial charge in [-0.2, -0.15) is 0 Å². The zero-order chi connectivity index (χ0) is 14.5. The van der Waals surface area contributed by atoms with Crippen LogP contribution in [-0.4, -0.2) is 26.3 Å². The Kier molecular flexibility index (Phi) is 4.14. The molecule has 0 aliphatic heterocycles. The lowest BCUT2D eigenvalue weighted by molar-refractivity contribution is 0.324. The summed E-state index contributed by atoms with van der Waals surface area (Å²) in [4.78, 5) is 4.18. The van der Waals surface area contributed by atoms with Crippen LogP contribution in [0.3, 0.4) is 0 Å². The predicted octanol–water partition coefficient (Wildman–Crippen LogP) is 2.43. The minimum atomic E-state index is 0.537. The van der Waals surface area contributed by atoms with E-state index in [1.807, 2.05) is 0 Å². The molecular weight excluding hydrogens is 258 g/mol. The van der Waals surface area contributed by atoms with E-state index in [0.717, 1.165) is 5.69 Å². The van der Waals surface area contributed by atoms with Crippen LogP contribution in [0.5, 0.6) is 17.2 Å². The molecule has 0 atom stereocenters. The van der Waals surface area contributed by atoms with Gasteiger partial charge in [0.2, 0.25) is 5.75 Å². The number of nitrogens with one attached hydrogen (secondary N) is 1. The van der Waals surface area contributed by atoms with Gasteiger partial charge in [-0.25, -0.2) is 4.98 Å². The normalized spacial score (nSPS) is 9.95. The first-order valence-corrected chi connectivity index (χ1v) is 5.97. The van der Waals surface area contributed by atoms with E-state index in [1.165, 1.54) is 0 Å². The van der Waals surface area contributed by atoms with Crippen molar-refractivity contribution in [1.82, 2.24) is 4.98 Å². The molecule has 6 heteroatoms. The minimum absolute atomic E-state index is 0.537. The van der Waals surface area contributed by atoms with Crippen molar-refractivity contribution in [2.24, 2.45) is 0 Å². The zero-order valence-corrected chi connectivity index (χ0v) is 11.6. The molecular formula is C14H17N3O3. The molecule has 2 aromatic rings. The summed E-state index contributed by atoms with van der Waals surface area (Å²) in [5, 5.41) is 3.12. The van der Waals surface area contributed by atoms with Crippen LogP contribution in [0.4, 0.5) is 17.2 Å². The third-order valence-electron chi connectivity index (χ3n) is 2.77. The molecule has 1 aromatic heterocycles.